The van der Waals surface area contributed by atoms with Gasteiger partial charge in [-0.05, 0) is 48.1 Å². The average molecular weight is 410 g/mol. The monoisotopic (exact) mass is 409 g/mol. The van der Waals surface area contributed by atoms with Crippen molar-refractivity contribution in [1.82, 2.24) is 0 Å². The zero-order valence-corrected chi connectivity index (χ0v) is 17.6. The van der Waals surface area contributed by atoms with Crippen LogP contribution in [0.4, 0.5) is 0 Å². The van der Waals surface area contributed by atoms with Gasteiger partial charge in [-0.3, -0.25) is 0 Å². The first-order valence-corrected chi connectivity index (χ1v) is 11.1. The molecule has 1 unspecified atom stereocenters. The molecule has 1 aliphatic rings. The molecule has 0 fully saturated rings. The molecule has 1 atom stereocenters. The van der Waals surface area contributed by atoms with Gasteiger partial charge in [0.25, 0.3) is 0 Å². The van der Waals surface area contributed by atoms with Crippen LogP contribution in [0.25, 0.3) is 0 Å². The number of hydrogen-bond donors (Lipinski definition) is 1. The summed E-state index contributed by atoms with van der Waals surface area (Å²) in [6, 6.07) is 18.7. The van der Waals surface area contributed by atoms with E-state index in [0.717, 1.165) is 35.6 Å². The maximum absolute atomic E-state index is 9.77. The van der Waals surface area contributed by atoms with Crippen LogP contribution >= 0.6 is 23.1 Å². The summed E-state index contributed by atoms with van der Waals surface area (Å²) in [5, 5.41) is 13.5. The lowest BCUT2D eigenvalue weighted by Gasteiger charge is -2.25. The van der Waals surface area contributed by atoms with Gasteiger partial charge in [-0.15, -0.1) is 23.1 Å². The third-order valence-electron chi connectivity index (χ3n) is 5.28. The molecule has 1 aliphatic carbocycles. The minimum Gasteiger partial charge on any atom is -0.497 e. The Morgan fingerprint density at radius 2 is 1.86 bits per heavy atom. The largest absolute Gasteiger partial charge is 0.497 e. The molecule has 4 rings (SSSR count). The predicted molar refractivity (Wildman–Crippen MR) is 117 cm³/mol. The Hall–Kier alpha value is -2.24. The highest BCUT2D eigenvalue weighted by Crippen LogP contribution is 2.44. The number of fused-ring (bicyclic) bond motifs is 1. The molecule has 2 aromatic carbocycles. The Kier molecular flexibility index (Phi) is 5.74. The van der Waals surface area contributed by atoms with Crippen molar-refractivity contribution < 1.29 is 9.94 Å². The molecule has 1 heterocycles. The summed E-state index contributed by atoms with van der Waals surface area (Å²) in [5.41, 5.74) is 5.87. The van der Waals surface area contributed by atoms with E-state index in [4.69, 9.17) is 4.74 Å². The number of thioether (sulfide) groups is 1. The van der Waals surface area contributed by atoms with E-state index in [1.54, 1.807) is 7.11 Å². The fourth-order valence-corrected chi connectivity index (χ4v) is 6.36. The van der Waals surface area contributed by atoms with E-state index in [9.17, 15) is 5.21 Å². The Balaban J connectivity index is 1.61. The van der Waals surface area contributed by atoms with Crippen LogP contribution in [0.15, 0.2) is 64.0 Å². The topological polar surface area (TPSA) is 41.8 Å². The highest BCUT2D eigenvalue weighted by atomic mass is 32.2. The molecule has 0 aliphatic heterocycles. The standard InChI is InChI=1S/C23H23NO2S2/c1-15-20-12-18(17-8-10-19(26-2)11-9-17)13-21(24-25)22(20)23(28-15)27-14-16-6-4-3-5-7-16/h3-11,18,25H,12-14H2,1-2H3/b24-21+. The van der Waals surface area contributed by atoms with E-state index in [1.807, 2.05) is 41.3 Å². The molecule has 3 aromatic rings. The average Bonchev–Trinajstić information content (AvgIpc) is 3.08. The molecule has 0 spiro atoms. The van der Waals surface area contributed by atoms with Crippen LogP contribution < -0.4 is 4.74 Å². The van der Waals surface area contributed by atoms with Gasteiger partial charge in [-0.2, -0.15) is 0 Å². The minimum atomic E-state index is 0.324. The quantitative estimate of drug-likeness (QED) is 0.307. The van der Waals surface area contributed by atoms with Crippen molar-refractivity contribution >= 4 is 28.8 Å². The second kappa shape index (κ2) is 8.41. The van der Waals surface area contributed by atoms with Crippen molar-refractivity contribution in [3.8, 4) is 5.75 Å². The summed E-state index contributed by atoms with van der Waals surface area (Å²) in [5.74, 6) is 2.11. The number of benzene rings is 2. The normalized spacial score (nSPS) is 17.5. The number of rotatable bonds is 5. The number of ether oxygens (including phenoxy) is 1. The van der Waals surface area contributed by atoms with Gasteiger partial charge in [0, 0.05) is 22.6 Å². The second-order valence-electron chi connectivity index (χ2n) is 7.00. The van der Waals surface area contributed by atoms with Crippen molar-refractivity contribution in [1.29, 1.82) is 0 Å². The summed E-state index contributed by atoms with van der Waals surface area (Å²) in [4.78, 5) is 1.32. The lowest BCUT2D eigenvalue weighted by molar-refractivity contribution is 0.317. The van der Waals surface area contributed by atoms with E-state index in [-0.39, 0.29) is 0 Å². The number of nitrogens with zero attached hydrogens (tertiary/aromatic N) is 1. The smallest absolute Gasteiger partial charge is 0.118 e. The predicted octanol–water partition coefficient (Wildman–Crippen LogP) is 6.27. The first kappa shape index (κ1) is 19.1. The maximum Gasteiger partial charge on any atom is 0.118 e. The molecule has 1 N–H and O–H groups in total. The van der Waals surface area contributed by atoms with Gasteiger partial charge in [0.1, 0.15) is 5.75 Å². The molecule has 0 radical (unpaired) electrons. The lowest BCUT2D eigenvalue weighted by atomic mass is 9.80. The van der Waals surface area contributed by atoms with Crippen LogP contribution in [0.3, 0.4) is 0 Å². The molecule has 1 aromatic heterocycles. The van der Waals surface area contributed by atoms with Crippen molar-refractivity contribution in [2.75, 3.05) is 7.11 Å². The molecule has 0 saturated heterocycles. The van der Waals surface area contributed by atoms with Crippen LogP contribution in [-0.4, -0.2) is 18.0 Å². The van der Waals surface area contributed by atoms with E-state index in [2.05, 4.69) is 48.5 Å². The van der Waals surface area contributed by atoms with Gasteiger partial charge in [0.05, 0.1) is 17.0 Å². The molecule has 28 heavy (non-hydrogen) atoms. The number of thiophene rings is 1. The minimum absolute atomic E-state index is 0.324. The van der Waals surface area contributed by atoms with E-state index < -0.39 is 0 Å². The van der Waals surface area contributed by atoms with E-state index >= 15 is 0 Å². The third kappa shape index (κ3) is 3.82. The first-order valence-electron chi connectivity index (χ1n) is 9.33. The van der Waals surface area contributed by atoms with Gasteiger partial charge < -0.3 is 9.94 Å². The van der Waals surface area contributed by atoms with Gasteiger partial charge >= 0.3 is 0 Å². The third-order valence-corrected chi connectivity index (χ3v) is 7.77. The van der Waals surface area contributed by atoms with Crippen molar-refractivity contribution in [3.05, 3.63) is 81.7 Å². The summed E-state index contributed by atoms with van der Waals surface area (Å²) >= 11 is 3.66. The Morgan fingerprint density at radius 1 is 1.11 bits per heavy atom. The number of hydrogen-bond acceptors (Lipinski definition) is 5. The molecule has 144 valence electrons. The van der Waals surface area contributed by atoms with Crippen LogP contribution in [0.5, 0.6) is 5.75 Å². The number of methoxy groups -OCH3 is 1. The summed E-state index contributed by atoms with van der Waals surface area (Å²) in [6.07, 6.45) is 1.74. The van der Waals surface area contributed by atoms with E-state index in [0.29, 0.717) is 5.92 Å². The molecule has 0 bridgehead atoms. The van der Waals surface area contributed by atoms with Gasteiger partial charge in [0.15, 0.2) is 0 Å². The number of aryl methyl sites for hydroxylation is 1. The number of oxime groups is 1. The summed E-state index contributed by atoms with van der Waals surface area (Å²) in [7, 11) is 1.68. The molecular formula is C23H23NO2S2. The molecule has 5 heteroatoms. The second-order valence-corrected chi connectivity index (χ2v) is 9.47. The van der Waals surface area contributed by atoms with Crippen LogP contribution in [0.1, 0.15) is 39.5 Å². The molecule has 0 saturated carbocycles. The highest BCUT2D eigenvalue weighted by molar-refractivity contribution is 8.00. The van der Waals surface area contributed by atoms with Crippen LogP contribution in [0.2, 0.25) is 0 Å². The molecule has 3 nitrogen and oxygen atoms in total. The highest BCUT2D eigenvalue weighted by Gasteiger charge is 2.31. The van der Waals surface area contributed by atoms with Crippen molar-refractivity contribution in [3.63, 3.8) is 0 Å². The Bertz CT molecular complexity index is 978. The molecule has 0 amide bonds. The van der Waals surface area contributed by atoms with Crippen molar-refractivity contribution in [2.45, 2.75) is 35.6 Å². The van der Waals surface area contributed by atoms with Crippen LogP contribution in [-0.2, 0) is 12.2 Å². The maximum atomic E-state index is 9.77. The fraction of sp³-hybridized carbons (Fsp3) is 0.261. The van der Waals surface area contributed by atoms with Crippen LogP contribution in [0, 0.1) is 6.92 Å². The van der Waals surface area contributed by atoms with Gasteiger partial charge in [-0.1, -0.05) is 47.6 Å². The SMILES string of the molecule is COc1ccc(C2C/C(=N\O)c3c(SCc4ccccc4)sc(C)c3C2)cc1. The molecular weight excluding hydrogens is 386 g/mol. The fourth-order valence-electron chi connectivity index (χ4n) is 3.77. The Morgan fingerprint density at radius 3 is 2.54 bits per heavy atom. The Labute approximate surface area is 174 Å². The summed E-state index contributed by atoms with van der Waals surface area (Å²) in [6.45, 7) is 2.18. The van der Waals surface area contributed by atoms with Gasteiger partial charge in [-0.25, -0.2) is 0 Å². The lowest BCUT2D eigenvalue weighted by Crippen LogP contribution is -2.19. The zero-order valence-electron chi connectivity index (χ0n) is 16.0. The first-order chi connectivity index (χ1) is 13.7. The van der Waals surface area contributed by atoms with Crippen molar-refractivity contribution in [2.24, 2.45) is 5.16 Å². The van der Waals surface area contributed by atoms with Gasteiger partial charge in [0.2, 0.25) is 0 Å². The van der Waals surface area contributed by atoms with E-state index in [1.165, 1.54) is 25.8 Å². The summed E-state index contributed by atoms with van der Waals surface area (Å²) < 4.78 is 6.54. The zero-order chi connectivity index (χ0) is 19.5.